The summed E-state index contributed by atoms with van der Waals surface area (Å²) in [6, 6.07) is 4.22. The molecule has 0 saturated heterocycles. The second kappa shape index (κ2) is 19.3. The van der Waals surface area contributed by atoms with Crippen molar-refractivity contribution < 1.29 is 34.3 Å². The van der Waals surface area contributed by atoms with Gasteiger partial charge in [0, 0.05) is 11.6 Å². The molecule has 1 aliphatic heterocycles. The molecular formula is C42H64O7. The van der Waals surface area contributed by atoms with E-state index in [0.29, 0.717) is 5.56 Å². The van der Waals surface area contributed by atoms with Gasteiger partial charge in [-0.05, 0) is 112 Å². The van der Waals surface area contributed by atoms with Crippen molar-refractivity contribution in [1.82, 2.24) is 0 Å². The zero-order chi connectivity index (χ0) is 36.1. The van der Waals surface area contributed by atoms with Crippen molar-refractivity contribution in [3.8, 4) is 23.0 Å². The minimum atomic E-state index is -1.00. The summed E-state index contributed by atoms with van der Waals surface area (Å²) in [7, 11) is 0. The topological polar surface area (TPSA) is 105 Å². The maximum absolute atomic E-state index is 12.1. The highest BCUT2D eigenvalue weighted by molar-refractivity contribution is 5.87. The van der Waals surface area contributed by atoms with Gasteiger partial charge in [0.2, 0.25) is 0 Å². The molecule has 1 heterocycles. The molecule has 7 nitrogen and oxygen atoms in total. The fraction of sp³-hybridized carbons (Fsp3) is 0.643. The van der Waals surface area contributed by atoms with E-state index in [9.17, 15) is 20.1 Å². The van der Waals surface area contributed by atoms with Gasteiger partial charge in [-0.15, -0.1) is 0 Å². The van der Waals surface area contributed by atoms with E-state index in [1.807, 2.05) is 6.92 Å². The number of esters is 1. The van der Waals surface area contributed by atoms with E-state index in [2.05, 4.69) is 48.5 Å². The third-order valence-electron chi connectivity index (χ3n) is 10.3. The lowest BCUT2D eigenvalue weighted by molar-refractivity contribution is -0.141. The van der Waals surface area contributed by atoms with Crippen LogP contribution in [0.4, 0.5) is 0 Å². The number of hydrogen-bond donors (Lipinski definition) is 3. The third-order valence-corrected chi connectivity index (χ3v) is 10.3. The van der Waals surface area contributed by atoms with Gasteiger partial charge in [0.05, 0.1) is 0 Å². The molecule has 274 valence electrons. The summed E-state index contributed by atoms with van der Waals surface area (Å²) in [6.45, 7) is 17.7. The van der Waals surface area contributed by atoms with Crippen molar-refractivity contribution in [2.75, 3.05) is 13.2 Å². The first-order valence-electron chi connectivity index (χ1n) is 18.7. The molecule has 2 aromatic carbocycles. The van der Waals surface area contributed by atoms with Crippen LogP contribution in [0.2, 0.25) is 0 Å². The average molecular weight is 681 g/mol. The first-order chi connectivity index (χ1) is 23.2. The van der Waals surface area contributed by atoms with Crippen LogP contribution in [0.25, 0.3) is 6.08 Å². The van der Waals surface area contributed by atoms with Crippen LogP contribution >= 0.6 is 0 Å². The molecule has 7 heteroatoms. The highest BCUT2D eigenvalue weighted by Crippen LogP contribution is 2.45. The van der Waals surface area contributed by atoms with Crippen molar-refractivity contribution in [2.45, 2.75) is 144 Å². The lowest BCUT2D eigenvalue weighted by Gasteiger charge is -2.38. The molecule has 3 rings (SSSR count). The van der Waals surface area contributed by atoms with Gasteiger partial charge in [-0.25, -0.2) is 4.79 Å². The normalized spacial score (nSPS) is 17.8. The van der Waals surface area contributed by atoms with Gasteiger partial charge in [0.25, 0.3) is 0 Å². The Bertz CT molecular complexity index is 1380. The van der Waals surface area contributed by atoms with Crippen molar-refractivity contribution in [1.29, 1.82) is 0 Å². The lowest BCUT2D eigenvalue weighted by Crippen LogP contribution is -2.37. The van der Waals surface area contributed by atoms with E-state index >= 15 is 0 Å². The van der Waals surface area contributed by atoms with E-state index in [-0.39, 0.29) is 30.3 Å². The van der Waals surface area contributed by atoms with Gasteiger partial charge in [-0.2, -0.15) is 0 Å². The molecule has 2 aromatic rings. The van der Waals surface area contributed by atoms with E-state index in [0.717, 1.165) is 65.2 Å². The summed E-state index contributed by atoms with van der Waals surface area (Å²) < 4.78 is 18.1. The predicted molar refractivity (Wildman–Crippen MR) is 199 cm³/mol. The highest BCUT2D eigenvalue weighted by Gasteiger charge is 2.34. The molecule has 0 aromatic heterocycles. The molecule has 4 atom stereocenters. The number of carbonyl (C=O) groups is 1. The van der Waals surface area contributed by atoms with Gasteiger partial charge >= 0.3 is 5.97 Å². The minimum absolute atomic E-state index is 0.0172. The van der Waals surface area contributed by atoms with E-state index in [4.69, 9.17) is 14.2 Å². The molecule has 49 heavy (non-hydrogen) atoms. The van der Waals surface area contributed by atoms with Crippen molar-refractivity contribution in [2.24, 2.45) is 17.8 Å². The Morgan fingerprint density at radius 1 is 0.878 bits per heavy atom. The van der Waals surface area contributed by atoms with Crippen LogP contribution in [0.15, 0.2) is 24.3 Å². The van der Waals surface area contributed by atoms with Crippen LogP contribution in [0.1, 0.15) is 133 Å². The number of benzene rings is 2. The Morgan fingerprint density at radius 2 is 1.53 bits per heavy atom. The summed E-state index contributed by atoms with van der Waals surface area (Å²) in [5, 5.41) is 29.5. The minimum Gasteiger partial charge on any atom is -0.504 e. The summed E-state index contributed by atoms with van der Waals surface area (Å²) in [5.41, 5.74) is 4.62. The predicted octanol–water partition coefficient (Wildman–Crippen LogP) is 9.93. The highest BCUT2D eigenvalue weighted by atomic mass is 16.5. The number of phenols is 2. The maximum atomic E-state index is 12.1. The number of rotatable bonds is 20. The molecule has 0 saturated carbocycles. The molecule has 0 fully saturated rings. The second-order valence-electron chi connectivity index (χ2n) is 15.5. The summed E-state index contributed by atoms with van der Waals surface area (Å²) in [4.78, 5) is 12.1. The van der Waals surface area contributed by atoms with E-state index in [1.54, 1.807) is 6.07 Å². The molecule has 0 spiro atoms. The van der Waals surface area contributed by atoms with Crippen LogP contribution in [-0.2, 0) is 16.0 Å². The first kappa shape index (κ1) is 40.2. The molecule has 3 N–H and O–H groups in total. The average Bonchev–Trinajstić information content (AvgIpc) is 3.05. The van der Waals surface area contributed by atoms with E-state index in [1.165, 1.54) is 87.6 Å². The monoisotopic (exact) mass is 680 g/mol. The number of aliphatic hydroxyl groups is 1. The van der Waals surface area contributed by atoms with Crippen LogP contribution in [0, 0.1) is 38.5 Å². The zero-order valence-electron chi connectivity index (χ0n) is 31.6. The maximum Gasteiger partial charge on any atom is 0.330 e. The third kappa shape index (κ3) is 12.9. The van der Waals surface area contributed by atoms with Gasteiger partial charge < -0.3 is 29.5 Å². The van der Waals surface area contributed by atoms with Crippen molar-refractivity contribution >= 4 is 12.0 Å². The summed E-state index contributed by atoms with van der Waals surface area (Å²) in [5.74, 6) is 2.99. The smallest absolute Gasteiger partial charge is 0.330 e. The Morgan fingerprint density at radius 3 is 2.20 bits per heavy atom. The lowest BCUT2D eigenvalue weighted by atomic mass is 9.83. The SMILES string of the molecule is Cc1c(C)c2c(c(C)c1OCC(O)COC(=O)/C=C/c1ccc(O)c(O)c1)CCC(C)(CCCC(C)CCCC(C)CCCCC(C)C)O2. The molecule has 0 bridgehead atoms. The van der Waals surface area contributed by atoms with Crippen LogP contribution in [0.3, 0.4) is 0 Å². The number of phenolic OH excluding ortho intramolecular Hbond substituents is 2. The quantitative estimate of drug-likeness (QED) is 0.0553. The largest absolute Gasteiger partial charge is 0.504 e. The van der Waals surface area contributed by atoms with Gasteiger partial charge in [0.1, 0.15) is 36.4 Å². The van der Waals surface area contributed by atoms with Crippen LogP contribution < -0.4 is 9.47 Å². The van der Waals surface area contributed by atoms with Gasteiger partial charge in [-0.1, -0.05) is 85.1 Å². The van der Waals surface area contributed by atoms with Crippen LogP contribution in [0.5, 0.6) is 23.0 Å². The van der Waals surface area contributed by atoms with Gasteiger partial charge in [-0.3, -0.25) is 0 Å². The summed E-state index contributed by atoms with van der Waals surface area (Å²) >= 11 is 0. The van der Waals surface area contributed by atoms with Gasteiger partial charge in [0.15, 0.2) is 11.5 Å². The number of aromatic hydroxyl groups is 2. The number of unbranched alkanes of at least 4 members (excludes halogenated alkanes) is 1. The molecule has 0 aliphatic carbocycles. The Labute approximate surface area is 296 Å². The molecule has 4 unspecified atom stereocenters. The molecule has 0 radical (unpaired) electrons. The Hall–Kier alpha value is -3.19. The molecule has 1 aliphatic rings. The standard InChI is InChI=1S/C42H64O7/c1-28(2)13-9-10-14-29(3)15-11-16-30(4)17-12-23-42(8)24-22-36-33(7)40(31(5)32(6)41(36)49-42)48-27-35(43)26-47-39(46)21-19-34-18-20-37(44)38(45)25-34/h18-21,25,28-30,35,43-45H,9-17,22-24,26-27H2,1-8H3/b21-19+. The fourth-order valence-electron chi connectivity index (χ4n) is 6.91. The summed E-state index contributed by atoms with van der Waals surface area (Å²) in [6.07, 6.45) is 16.5. The van der Waals surface area contributed by atoms with Crippen molar-refractivity contribution in [3.63, 3.8) is 0 Å². The van der Waals surface area contributed by atoms with Crippen molar-refractivity contribution in [3.05, 3.63) is 52.1 Å². The number of fused-ring (bicyclic) bond motifs is 1. The molecule has 0 amide bonds. The number of aliphatic hydroxyl groups excluding tert-OH is 1. The number of hydrogen-bond acceptors (Lipinski definition) is 7. The number of carbonyl (C=O) groups excluding carboxylic acids is 1. The zero-order valence-corrected chi connectivity index (χ0v) is 31.6. The second-order valence-corrected chi connectivity index (χ2v) is 15.5. The Kier molecular flexibility index (Phi) is 15.8. The first-order valence-corrected chi connectivity index (χ1v) is 18.7. The molecular weight excluding hydrogens is 616 g/mol. The number of ether oxygens (including phenoxy) is 3. The fourth-order valence-corrected chi connectivity index (χ4v) is 6.91. The van der Waals surface area contributed by atoms with Crippen LogP contribution in [-0.4, -0.2) is 46.2 Å². The Balaban J connectivity index is 1.44. The van der Waals surface area contributed by atoms with E-state index < -0.39 is 12.1 Å².